The van der Waals surface area contributed by atoms with E-state index in [2.05, 4.69) is 33.2 Å². The van der Waals surface area contributed by atoms with Crippen LogP contribution in [0.3, 0.4) is 0 Å². The molecule has 4 nitrogen and oxygen atoms in total. The fraction of sp³-hybridized carbons (Fsp3) is 0.250. The Balaban J connectivity index is 1.63. The number of hydrogen-bond acceptors (Lipinski definition) is 4. The highest BCUT2D eigenvalue weighted by Crippen LogP contribution is 2.31. The maximum Gasteiger partial charge on any atom is 0.173 e. The molecular formula is C20H20BrNO3. The van der Waals surface area contributed by atoms with Gasteiger partial charge >= 0.3 is 0 Å². The van der Waals surface area contributed by atoms with E-state index >= 15 is 0 Å². The van der Waals surface area contributed by atoms with Crippen molar-refractivity contribution in [3.8, 4) is 11.3 Å². The molecule has 0 unspecified atom stereocenters. The predicted molar refractivity (Wildman–Crippen MR) is 100 cm³/mol. The SMILES string of the molecule is Cc1noc(-c2ccc(Br)cc2)c1[C@@H](O)COCCc1ccccc1. The molecule has 0 spiro atoms. The first-order valence-electron chi connectivity index (χ1n) is 8.17. The molecule has 3 rings (SSSR count). The van der Waals surface area contributed by atoms with Crippen LogP contribution in [0.15, 0.2) is 63.6 Å². The molecule has 1 atom stereocenters. The second-order valence-electron chi connectivity index (χ2n) is 5.84. The van der Waals surface area contributed by atoms with E-state index in [0.717, 1.165) is 16.5 Å². The highest BCUT2D eigenvalue weighted by Gasteiger charge is 2.22. The maximum absolute atomic E-state index is 10.5. The Morgan fingerprint density at radius 2 is 1.84 bits per heavy atom. The first kappa shape index (κ1) is 17.9. The minimum absolute atomic E-state index is 0.207. The average molecular weight is 402 g/mol. The summed E-state index contributed by atoms with van der Waals surface area (Å²) in [4.78, 5) is 0. The lowest BCUT2D eigenvalue weighted by atomic mass is 10.0. The molecule has 1 aromatic heterocycles. The Kier molecular flexibility index (Phi) is 6.02. The van der Waals surface area contributed by atoms with Crippen LogP contribution in [0.2, 0.25) is 0 Å². The van der Waals surface area contributed by atoms with E-state index in [1.54, 1.807) is 0 Å². The van der Waals surface area contributed by atoms with Crippen molar-refractivity contribution in [1.29, 1.82) is 0 Å². The van der Waals surface area contributed by atoms with Gasteiger partial charge < -0.3 is 14.4 Å². The summed E-state index contributed by atoms with van der Waals surface area (Å²) in [7, 11) is 0. The molecule has 3 aromatic rings. The second-order valence-corrected chi connectivity index (χ2v) is 6.76. The molecule has 0 saturated carbocycles. The largest absolute Gasteiger partial charge is 0.386 e. The summed E-state index contributed by atoms with van der Waals surface area (Å²) in [6.45, 7) is 2.59. The zero-order valence-corrected chi connectivity index (χ0v) is 15.6. The molecule has 0 radical (unpaired) electrons. The topological polar surface area (TPSA) is 55.5 Å². The Hall–Kier alpha value is -1.95. The van der Waals surface area contributed by atoms with Crippen molar-refractivity contribution in [3.05, 3.63) is 75.9 Å². The fourth-order valence-corrected chi connectivity index (χ4v) is 2.96. The van der Waals surface area contributed by atoms with E-state index < -0.39 is 6.10 Å². The van der Waals surface area contributed by atoms with Crippen molar-refractivity contribution in [1.82, 2.24) is 5.16 Å². The number of ether oxygens (including phenoxy) is 1. The van der Waals surface area contributed by atoms with Crippen molar-refractivity contribution in [2.24, 2.45) is 0 Å². The molecular weight excluding hydrogens is 382 g/mol. The number of aliphatic hydroxyl groups excluding tert-OH is 1. The zero-order chi connectivity index (χ0) is 17.6. The molecule has 0 aliphatic heterocycles. The summed E-state index contributed by atoms with van der Waals surface area (Å²) in [5.74, 6) is 0.587. The lowest BCUT2D eigenvalue weighted by molar-refractivity contribution is 0.0372. The molecule has 130 valence electrons. The smallest absolute Gasteiger partial charge is 0.173 e. The van der Waals surface area contributed by atoms with Crippen LogP contribution in [-0.2, 0) is 11.2 Å². The monoisotopic (exact) mass is 401 g/mol. The number of benzene rings is 2. The summed E-state index contributed by atoms with van der Waals surface area (Å²) < 4.78 is 12.1. The molecule has 0 aliphatic rings. The van der Waals surface area contributed by atoms with Crippen LogP contribution in [-0.4, -0.2) is 23.5 Å². The second kappa shape index (κ2) is 8.43. The van der Waals surface area contributed by atoms with Gasteiger partial charge in [-0.15, -0.1) is 0 Å². The molecule has 1 heterocycles. The molecule has 0 aliphatic carbocycles. The zero-order valence-electron chi connectivity index (χ0n) is 14.0. The van der Waals surface area contributed by atoms with Crippen LogP contribution in [0.4, 0.5) is 0 Å². The highest BCUT2D eigenvalue weighted by molar-refractivity contribution is 9.10. The number of aromatic nitrogens is 1. The van der Waals surface area contributed by atoms with Crippen LogP contribution < -0.4 is 0 Å². The number of halogens is 1. The average Bonchev–Trinajstić information content (AvgIpc) is 3.02. The molecule has 1 N–H and O–H groups in total. The molecule has 0 bridgehead atoms. The van der Waals surface area contributed by atoms with Crippen LogP contribution in [0, 0.1) is 6.92 Å². The third-order valence-electron chi connectivity index (χ3n) is 4.00. The number of hydrogen-bond donors (Lipinski definition) is 1. The quantitative estimate of drug-likeness (QED) is 0.582. The van der Waals surface area contributed by atoms with Crippen molar-refractivity contribution in [3.63, 3.8) is 0 Å². The molecule has 25 heavy (non-hydrogen) atoms. The van der Waals surface area contributed by atoms with E-state index in [1.165, 1.54) is 5.56 Å². The Morgan fingerprint density at radius 3 is 2.56 bits per heavy atom. The molecule has 0 fully saturated rings. The molecule has 0 saturated heterocycles. The van der Waals surface area contributed by atoms with Gasteiger partial charge in [0.1, 0.15) is 6.10 Å². The number of rotatable bonds is 7. The Bertz CT molecular complexity index is 800. The maximum atomic E-state index is 10.5. The van der Waals surface area contributed by atoms with Crippen molar-refractivity contribution in [2.45, 2.75) is 19.4 Å². The molecule has 2 aromatic carbocycles. The van der Waals surface area contributed by atoms with Gasteiger partial charge in [0.15, 0.2) is 5.76 Å². The normalized spacial score (nSPS) is 12.3. The van der Waals surface area contributed by atoms with Gasteiger partial charge in [-0.3, -0.25) is 0 Å². The Morgan fingerprint density at radius 1 is 1.12 bits per heavy atom. The first-order valence-corrected chi connectivity index (χ1v) is 8.96. The van der Waals surface area contributed by atoms with Gasteiger partial charge in [-0.05, 0) is 31.0 Å². The van der Waals surface area contributed by atoms with Crippen LogP contribution in [0.25, 0.3) is 11.3 Å². The van der Waals surface area contributed by atoms with Gasteiger partial charge in [0.05, 0.1) is 24.5 Å². The van der Waals surface area contributed by atoms with Gasteiger partial charge in [-0.1, -0.05) is 63.6 Å². The van der Waals surface area contributed by atoms with Gasteiger partial charge in [0, 0.05) is 10.0 Å². The molecule has 0 amide bonds. The third kappa shape index (κ3) is 4.57. The van der Waals surface area contributed by atoms with Crippen LogP contribution in [0.1, 0.15) is 22.9 Å². The van der Waals surface area contributed by atoms with E-state index in [4.69, 9.17) is 9.26 Å². The van der Waals surface area contributed by atoms with E-state index in [-0.39, 0.29) is 6.61 Å². The first-order chi connectivity index (χ1) is 12.1. The number of aryl methyl sites for hydroxylation is 1. The van der Waals surface area contributed by atoms with E-state index in [0.29, 0.717) is 23.6 Å². The van der Waals surface area contributed by atoms with Gasteiger partial charge in [0.25, 0.3) is 0 Å². The molecule has 5 heteroatoms. The highest BCUT2D eigenvalue weighted by atomic mass is 79.9. The van der Waals surface area contributed by atoms with Crippen molar-refractivity contribution >= 4 is 15.9 Å². The van der Waals surface area contributed by atoms with Crippen molar-refractivity contribution < 1.29 is 14.4 Å². The summed E-state index contributed by atoms with van der Waals surface area (Å²) in [6.07, 6.45) is 0.0381. The predicted octanol–water partition coefficient (Wildman–Crippen LogP) is 4.71. The van der Waals surface area contributed by atoms with Crippen molar-refractivity contribution in [2.75, 3.05) is 13.2 Å². The van der Waals surface area contributed by atoms with E-state index in [1.807, 2.05) is 49.4 Å². The lowest BCUT2D eigenvalue weighted by Crippen LogP contribution is -2.10. The third-order valence-corrected chi connectivity index (χ3v) is 4.53. The van der Waals surface area contributed by atoms with Gasteiger partial charge in [-0.2, -0.15) is 0 Å². The number of aliphatic hydroxyl groups is 1. The Labute approximate surface area is 155 Å². The summed E-state index contributed by atoms with van der Waals surface area (Å²) >= 11 is 3.42. The van der Waals surface area contributed by atoms with Gasteiger partial charge in [0.2, 0.25) is 0 Å². The fourth-order valence-electron chi connectivity index (χ4n) is 2.69. The summed E-state index contributed by atoms with van der Waals surface area (Å²) in [5, 5.41) is 14.6. The summed E-state index contributed by atoms with van der Waals surface area (Å²) in [5.41, 5.74) is 3.45. The number of nitrogens with zero attached hydrogens (tertiary/aromatic N) is 1. The van der Waals surface area contributed by atoms with E-state index in [9.17, 15) is 5.11 Å². The van der Waals surface area contributed by atoms with Gasteiger partial charge in [-0.25, -0.2) is 0 Å². The standard InChI is InChI=1S/C20H20BrNO3/c1-14-19(20(25-22-14)16-7-9-17(21)10-8-16)18(23)13-24-12-11-15-5-3-2-4-6-15/h2-10,18,23H,11-13H2,1H3/t18-/m0/s1. The minimum atomic E-state index is -0.777. The van der Waals surface area contributed by atoms with Crippen LogP contribution >= 0.6 is 15.9 Å². The lowest BCUT2D eigenvalue weighted by Gasteiger charge is -2.12. The minimum Gasteiger partial charge on any atom is -0.386 e. The van der Waals surface area contributed by atoms with Crippen LogP contribution in [0.5, 0.6) is 0 Å². The summed E-state index contributed by atoms with van der Waals surface area (Å²) in [6, 6.07) is 17.9.